The maximum absolute atomic E-state index is 12.6. The molecule has 0 aliphatic carbocycles. The number of hydrogen-bond donors (Lipinski definition) is 0. The van der Waals surface area contributed by atoms with Gasteiger partial charge in [0.15, 0.2) is 0 Å². The quantitative estimate of drug-likeness (QED) is 0.688. The van der Waals surface area contributed by atoms with Gasteiger partial charge in [0.1, 0.15) is 17.6 Å². The Bertz CT molecular complexity index is 937. The number of fused-ring (bicyclic) bond motifs is 1. The predicted octanol–water partition coefficient (Wildman–Crippen LogP) is 2.78. The normalized spacial score (nSPS) is 20.1. The summed E-state index contributed by atoms with van der Waals surface area (Å²) in [5.74, 6) is 1.56. The van der Waals surface area contributed by atoms with Gasteiger partial charge in [0.05, 0.1) is 18.8 Å². The summed E-state index contributed by atoms with van der Waals surface area (Å²) >= 11 is 0. The fourth-order valence-corrected chi connectivity index (χ4v) is 5.54. The molecular weight excluding hydrogens is 390 g/mol. The summed E-state index contributed by atoms with van der Waals surface area (Å²) in [5, 5.41) is 0.0443. The van der Waals surface area contributed by atoms with Crippen molar-refractivity contribution >= 4 is 15.7 Å². The van der Waals surface area contributed by atoms with Crippen molar-refractivity contribution < 1.29 is 17.6 Å². The molecule has 2 aliphatic rings. The van der Waals surface area contributed by atoms with Crippen molar-refractivity contribution in [3.63, 3.8) is 0 Å². The second-order valence-corrected chi connectivity index (χ2v) is 9.64. The Morgan fingerprint density at radius 2 is 1.90 bits per heavy atom. The van der Waals surface area contributed by atoms with Gasteiger partial charge in [0.25, 0.3) is 10.0 Å². The second-order valence-electron chi connectivity index (χ2n) is 7.77. The molecule has 8 heteroatoms. The smallest absolute Gasteiger partial charge is 0.276 e. The van der Waals surface area contributed by atoms with Crippen LogP contribution in [0, 0.1) is 0 Å². The second kappa shape index (κ2) is 8.38. The first-order chi connectivity index (χ1) is 14.0. The topological polar surface area (TPSA) is 66.2 Å². The Morgan fingerprint density at radius 3 is 2.66 bits per heavy atom. The summed E-state index contributed by atoms with van der Waals surface area (Å²) in [7, 11) is -1.51. The molecule has 29 heavy (non-hydrogen) atoms. The van der Waals surface area contributed by atoms with Gasteiger partial charge in [-0.25, -0.2) is 8.42 Å². The molecule has 0 radical (unpaired) electrons. The van der Waals surface area contributed by atoms with Gasteiger partial charge in [0, 0.05) is 26.2 Å². The van der Waals surface area contributed by atoms with Crippen LogP contribution in [0.15, 0.2) is 45.9 Å². The largest absolute Gasteiger partial charge is 0.485 e. The molecular formula is C21H29N3O4S. The highest BCUT2D eigenvalue weighted by molar-refractivity contribution is 7.89. The fraction of sp³-hybridized carbons (Fsp3) is 0.524. The van der Waals surface area contributed by atoms with E-state index in [0.717, 1.165) is 43.9 Å². The molecule has 7 nitrogen and oxygen atoms in total. The minimum Gasteiger partial charge on any atom is -0.485 e. The molecule has 0 N–H and O–H groups in total. The van der Waals surface area contributed by atoms with E-state index >= 15 is 0 Å². The van der Waals surface area contributed by atoms with E-state index in [1.807, 2.05) is 25.2 Å². The van der Waals surface area contributed by atoms with Crippen molar-refractivity contribution in [2.75, 3.05) is 44.7 Å². The highest BCUT2D eigenvalue weighted by atomic mass is 32.2. The maximum Gasteiger partial charge on any atom is 0.276 e. The van der Waals surface area contributed by atoms with E-state index < -0.39 is 10.0 Å². The van der Waals surface area contributed by atoms with E-state index in [-0.39, 0.29) is 11.2 Å². The van der Waals surface area contributed by atoms with Crippen molar-refractivity contribution in [3.8, 4) is 5.75 Å². The summed E-state index contributed by atoms with van der Waals surface area (Å²) in [6.45, 7) is 6.30. The molecule has 158 valence electrons. The van der Waals surface area contributed by atoms with Gasteiger partial charge < -0.3 is 14.1 Å². The number of rotatable bonds is 7. The third-order valence-corrected chi connectivity index (χ3v) is 7.32. The highest BCUT2D eigenvalue weighted by Crippen LogP contribution is 2.33. The van der Waals surface area contributed by atoms with Crippen molar-refractivity contribution in [3.05, 3.63) is 42.2 Å². The number of likely N-dealkylation sites (N-methyl/N-ethyl adjacent to an activating group) is 2. The van der Waals surface area contributed by atoms with Crippen LogP contribution in [0.4, 0.5) is 5.69 Å². The van der Waals surface area contributed by atoms with Crippen molar-refractivity contribution in [2.45, 2.75) is 37.5 Å². The Hall–Kier alpha value is -2.03. The number of para-hydroxylation sites is 2. The number of ether oxygens (including phenoxy) is 1. The van der Waals surface area contributed by atoms with Gasteiger partial charge in [-0.1, -0.05) is 12.1 Å². The van der Waals surface area contributed by atoms with Gasteiger partial charge in [0.2, 0.25) is 5.09 Å². The third-order valence-electron chi connectivity index (χ3n) is 5.54. The summed E-state index contributed by atoms with van der Waals surface area (Å²) in [4.78, 5) is 4.43. The van der Waals surface area contributed by atoms with E-state index in [1.54, 1.807) is 12.1 Å². The first-order valence-electron chi connectivity index (χ1n) is 10.3. The molecule has 3 heterocycles. The van der Waals surface area contributed by atoms with E-state index in [9.17, 15) is 8.42 Å². The number of sulfonamides is 1. The van der Waals surface area contributed by atoms with Crippen LogP contribution in [0.2, 0.25) is 0 Å². The summed E-state index contributed by atoms with van der Waals surface area (Å²) in [5.41, 5.74) is 1.14. The number of benzene rings is 1. The van der Waals surface area contributed by atoms with Crippen molar-refractivity contribution in [2.24, 2.45) is 0 Å². The lowest BCUT2D eigenvalue weighted by atomic mass is 10.2. The highest BCUT2D eigenvalue weighted by Gasteiger charge is 2.30. The molecule has 0 saturated carbocycles. The minimum absolute atomic E-state index is 0.0395. The molecule has 1 aromatic carbocycles. The summed E-state index contributed by atoms with van der Waals surface area (Å²) in [6, 6.07) is 11.4. The van der Waals surface area contributed by atoms with E-state index in [0.29, 0.717) is 25.4 Å². The molecule has 0 amide bonds. The summed E-state index contributed by atoms with van der Waals surface area (Å²) < 4.78 is 38.6. The van der Waals surface area contributed by atoms with Crippen LogP contribution in [0.1, 0.15) is 25.5 Å². The van der Waals surface area contributed by atoms with E-state index in [2.05, 4.69) is 22.8 Å². The average molecular weight is 420 g/mol. The molecule has 2 aromatic rings. The van der Waals surface area contributed by atoms with Crippen molar-refractivity contribution in [1.82, 2.24) is 9.21 Å². The zero-order valence-corrected chi connectivity index (χ0v) is 17.9. The molecule has 1 saturated heterocycles. The molecule has 1 aromatic heterocycles. The van der Waals surface area contributed by atoms with Gasteiger partial charge in [-0.2, -0.15) is 4.31 Å². The van der Waals surface area contributed by atoms with Crippen LogP contribution in [-0.2, 0) is 16.6 Å². The van der Waals surface area contributed by atoms with Gasteiger partial charge >= 0.3 is 0 Å². The molecule has 0 spiro atoms. The molecule has 2 aliphatic heterocycles. The average Bonchev–Trinajstić information content (AvgIpc) is 3.40. The number of hydrogen-bond acceptors (Lipinski definition) is 6. The maximum atomic E-state index is 12.6. The molecule has 0 unspecified atom stereocenters. The standard InChI is InChI=1S/C21H29N3O4S/c1-3-23-16-18(27-20-9-5-4-8-19(20)23)15-22(2)14-17-10-11-21(28-17)29(25,26)24-12-6-7-13-24/h4-5,8-11,18H,3,6-7,12-16H2,1-2H3/t18-/m0/s1. The number of anilines is 1. The number of nitrogens with zero attached hydrogens (tertiary/aromatic N) is 3. The Morgan fingerprint density at radius 1 is 1.14 bits per heavy atom. The zero-order valence-electron chi connectivity index (χ0n) is 17.1. The SMILES string of the molecule is CCN1C[C@H](CN(C)Cc2ccc(S(=O)(=O)N3CCCC3)o2)Oc2ccccc21. The lowest BCUT2D eigenvalue weighted by Gasteiger charge is -2.37. The van der Waals surface area contributed by atoms with E-state index in [4.69, 9.17) is 9.15 Å². The van der Waals surface area contributed by atoms with Crippen LogP contribution in [0.3, 0.4) is 0 Å². The van der Waals surface area contributed by atoms with Crippen LogP contribution in [-0.4, -0.2) is 63.5 Å². The molecule has 0 bridgehead atoms. The fourth-order valence-electron chi connectivity index (χ4n) is 4.09. The first kappa shape index (κ1) is 20.3. The lowest BCUT2D eigenvalue weighted by molar-refractivity contribution is 0.135. The third kappa shape index (κ3) is 4.29. The Labute approximate surface area is 172 Å². The molecule has 1 atom stereocenters. The predicted molar refractivity (Wildman–Crippen MR) is 112 cm³/mol. The van der Waals surface area contributed by atoms with E-state index in [1.165, 1.54) is 4.31 Å². The minimum atomic E-state index is -3.51. The van der Waals surface area contributed by atoms with Gasteiger partial charge in [-0.3, -0.25) is 4.90 Å². The van der Waals surface area contributed by atoms with Crippen LogP contribution in [0.25, 0.3) is 0 Å². The zero-order chi connectivity index (χ0) is 20.4. The van der Waals surface area contributed by atoms with Crippen molar-refractivity contribution in [1.29, 1.82) is 0 Å². The van der Waals surface area contributed by atoms with Gasteiger partial charge in [-0.15, -0.1) is 0 Å². The summed E-state index contributed by atoms with van der Waals surface area (Å²) in [6.07, 6.45) is 1.86. The van der Waals surface area contributed by atoms with Crippen LogP contribution >= 0.6 is 0 Å². The molecule has 4 rings (SSSR count). The Balaban J connectivity index is 1.38. The Kier molecular flexibility index (Phi) is 5.85. The molecule has 1 fully saturated rings. The van der Waals surface area contributed by atoms with Crippen LogP contribution < -0.4 is 9.64 Å². The van der Waals surface area contributed by atoms with Crippen LogP contribution in [0.5, 0.6) is 5.75 Å². The lowest BCUT2D eigenvalue weighted by Crippen LogP contribution is -2.45. The van der Waals surface area contributed by atoms with Gasteiger partial charge in [-0.05, 0) is 51.1 Å². The number of furan rings is 1. The monoisotopic (exact) mass is 419 g/mol. The first-order valence-corrected chi connectivity index (χ1v) is 11.7.